The van der Waals surface area contributed by atoms with Crippen molar-refractivity contribution in [2.24, 2.45) is 0 Å². The second-order valence-electron chi connectivity index (χ2n) is 6.21. The van der Waals surface area contributed by atoms with Gasteiger partial charge in [-0.2, -0.15) is 0 Å². The molecule has 2 aromatic carbocycles. The Balaban J connectivity index is 2.40. The maximum Gasteiger partial charge on any atom is 0.270 e. The molecule has 0 saturated heterocycles. The van der Waals surface area contributed by atoms with Crippen LogP contribution in [0.25, 0.3) is 12.2 Å². The number of hydrogen-bond donors (Lipinski definition) is 1. The van der Waals surface area contributed by atoms with Crippen molar-refractivity contribution in [3.8, 4) is 5.75 Å². The van der Waals surface area contributed by atoms with Crippen LogP contribution in [0.1, 0.15) is 37.5 Å². The number of nitrogens with zero attached hydrogens (tertiary/aromatic N) is 1. The lowest BCUT2D eigenvalue weighted by Gasteiger charge is -2.21. The molecule has 0 aromatic heterocycles. The number of rotatable bonds is 3. The van der Waals surface area contributed by atoms with Gasteiger partial charge in [0.1, 0.15) is 5.75 Å². The topological polar surface area (TPSA) is 63.4 Å². The molecular weight excluding hydrogens is 278 g/mol. The number of hydrogen-bond acceptors (Lipinski definition) is 3. The molecular formula is C18H19NO3. The van der Waals surface area contributed by atoms with Crippen molar-refractivity contribution in [3.05, 3.63) is 69.3 Å². The average Bonchev–Trinajstić information content (AvgIpc) is 2.44. The van der Waals surface area contributed by atoms with Crippen molar-refractivity contribution >= 4 is 17.8 Å². The summed E-state index contributed by atoms with van der Waals surface area (Å²) >= 11 is 0. The van der Waals surface area contributed by atoms with Gasteiger partial charge in [0, 0.05) is 12.1 Å². The lowest BCUT2D eigenvalue weighted by molar-refractivity contribution is -0.384. The second-order valence-corrected chi connectivity index (χ2v) is 6.21. The summed E-state index contributed by atoms with van der Waals surface area (Å²) in [5.74, 6) is 0.201. The number of nitro groups is 1. The van der Waals surface area contributed by atoms with Crippen molar-refractivity contribution in [2.75, 3.05) is 0 Å². The van der Waals surface area contributed by atoms with Gasteiger partial charge < -0.3 is 5.11 Å². The Morgan fingerprint density at radius 3 is 2.45 bits per heavy atom. The SMILES string of the molecule is CC(C)(C)c1ccc(O)cc1/C=C/c1cccc([N+](=O)[O-])c1. The van der Waals surface area contributed by atoms with Gasteiger partial charge in [0.15, 0.2) is 0 Å². The van der Waals surface area contributed by atoms with E-state index in [1.54, 1.807) is 18.2 Å². The number of non-ortho nitro benzene ring substituents is 1. The lowest BCUT2D eigenvalue weighted by atomic mass is 9.83. The van der Waals surface area contributed by atoms with Gasteiger partial charge in [-0.05, 0) is 34.2 Å². The molecule has 0 aliphatic heterocycles. The van der Waals surface area contributed by atoms with Gasteiger partial charge in [-0.3, -0.25) is 10.1 Å². The van der Waals surface area contributed by atoms with Crippen LogP contribution < -0.4 is 0 Å². The maximum atomic E-state index is 10.8. The summed E-state index contributed by atoms with van der Waals surface area (Å²) in [6, 6.07) is 11.7. The number of phenols is 1. The Morgan fingerprint density at radius 1 is 1.09 bits per heavy atom. The molecule has 0 amide bonds. The van der Waals surface area contributed by atoms with E-state index >= 15 is 0 Å². The highest BCUT2D eigenvalue weighted by Crippen LogP contribution is 2.30. The highest BCUT2D eigenvalue weighted by Gasteiger charge is 2.17. The molecule has 0 unspecified atom stereocenters. The number of phenolic OH excluding ortho intramolecular Hbond substituents is 1. The fourth-order valence-electron chi connectivity index (χ4n) is 2.30. The molecule has 4 heteroatoms. The normalized spacial score (nSPS) is 11.8. The Bertz CT molecular complexity index is 727. The maximum absolute atomic E-state index is 10.8. The lowest BCUT2D eigenvalue weighted by Crippen LogP contribution is -2.12. The Labute approximate surface area is 129 Å². The van der Waals surface area contributed by atoms with E-state index < -0.39 is 4.92 Å². The highest BCUT2D eigenvalue weighted by molar-refractivity contribution is 5.73. The van der Waals surface area contributed by atoms with E-state index in [2.05, 4.69) is 20.8 Å². The van der Waals surface area contributed by atoms with Crippen LogP contribution in [0.2, 0.25) is 0 Å². The Morgan fingerprint density at radius 2 is 1.82 bits per heavy atom. The molecule has 4 nitrogen and oxygen atoms in total. The molecule has 0 fully saturated rings. The van der Waals surface area contributed by atoms with Crippen molar-refractivity contribution in [2.45, 2.75) is 26.2 Å². The first-order valence-electron chi connectivity index (χ1n) is 7.03. The summed E-state index contributed by atoms with van der Waals surface area (Å²) in [6.45, 7) is 6.30. The number of aromatic hydroxyl groups is 1. The smallest absolute Gasteiger partial charge is 0.270 e. The van der Waals surface area contributed by atoms with Gasteiger partial charge in [-0.25, -0.2) is 0 Å². The minimum absolute atomic E-state index is 0.0595. The Hall–Kier alpha value is -2.62. The third kappa shape index (κ3) is 3.73. The standard InChI is InChI=1S/C18H19NO3/c1-18(2,3)17-10-9-16(20)12-14(17)8-7-13-5-4-6-15(11-13)19(21)22/h4-12,20H,1-3H3/b8-7+. The van der Waals surface area contributed by atoms with E-state index in [1.807, 2.05) is 24.3 Å². The summed E-state index contributed by atoms with van der Waals surface area (Å²) < 4.78 is 0. The minimum atomic E-state index is -0.410. The van der Waals surface area contributed by atoms with Gasteiger partial charge in [-0.1, -0.05) is 51.1 Å². The summed E-state index contributed by atoms with van der Waals surface area (Å²) in [6.07, 6.45) is 3.69. The van der Waals surface area contributed by atoms with Gasteiger partial charge in [0.2, 0.25) is 0 Å². The second kappa shape index (κ2) is 6.02. The van der Waals surface area contributed by atoms with E-state index in [0.717, 1.165) is 16.7 Å². The van der Waals surface area contributed by atoms with Crippen LogP contribution in [0.4, 0.5) is 5.69 Å². The first-order valence-corrected chi connectivity index (χ1v) is 7.03. The van der Waals surface area contributed by atoms with E-state index in [0.29, 0.717) is 0 Å². The quantitative estimate of drug-likeness (QED) is 0.504. The van der Waals surface area contributed by atoms with Crippen molar-refractivity contribution in [1.82, 2.24) is 0 Å². The first kappa shape index (κ1) is 15.8. The molecule has 0 aliphatic rings. The van der Waals surface area contributed by atoms with E-state index in [9.17, 15) is 15.2 Å². The predicted octanol–water partition coefficient (Wildman–Crippen LogP) is 4.77. The zero-order chi connectivity index (χ0) is 16.3. The first-order chi connectivity index (χ1) is 10.3. The van der Waals surface area contributed by atoms with Gasteiger partial charge in [0.25, 0.3) is 5.69 Å². The summed E-state index contributed by atoms with van der Waals surface area (Å²) in [4.78, 5) is 10.4. The number of benzene rings is 2. The molecule has 0 radical (unpaired) electrons. The molecule has 0 bridgehead atoms. The van der Waals surface area contributed by atoms with Crippen molar-refractivity contribution in [1.29, 1.82) is 0 Å². The molecule has 0 atom stereocenters. The monoisotopic (exact) mass is 297 g/mol. The summed E-state index contributed by atoms with van der Waals surface area (Å²) in [5.41, 5.74) is 2.76. The zero-order valence-corrected chi connectivity index (χ0v) is 12.9. The molecule has 0 spiro atoms. The van der Waals surface area contributed by atoms with Gasteiger partial charge in [-0.15, -0.1) is 0 Å². The fourth-order valence-corrected chi connectivity index (χ4v) is 2.30. The predicted molar refractivity (Wildman–Crippen MR) is 88.8 cm³/mol. The Kier molecular flexibility index (Phi) is 4.31. The van der Waals surface area contributed by atoms with Crippen LogP contribution in [0.15, 0.2) is 42.5 Å². The molecule has 2 aromatic rings. The largest absolute Gasteiger partial charge is 0.508 e. The van der Waals surface area contributed by atoms with Gasteiger partial charge >= 0.3 is 0 Å². The molecule has 0 saturated carbocycles. The third-order valence-electron chi connectivity index (χ3n) is 3.38. The van der Waals surface area contributed by atoms with E-state index in [4.69, 9.17) is 0 Å². The van der Waals surface area contributed by atoms with Crippen LogP contribution in [0, 0.1) is 10.1 Å². The molecule has 22 heavy (non-hydrogen) atoms. The molecule has 1 N–H and O–H groups in total. The van der Waals surface area contributed by atoms with Crippen LogP contribution in [0.5, 0.6) is 5.75 Å². The molecule has 0 heterocycles. The van der Waals surface area contributed by atoms with Crippen molar-refractivity contribution < 1.29 is 10.0 Å². The van der Waals surface area contributed by atoms with Crippen molar-refractivity contribution in [3.63, 3.8) is 0 Å². The van der Waals surface area contributed by atoms with E-state index in [-0.39, 0.29) is 16.9 Å². The van der Waals surface area contributed by atoms with E-state index in [1.165, 1.54) is 12.1 Å². The highest BCUT2D eigenvalue weighted by atomic mass is 16.6. The summed E-state index contributed by atoms with van der Waals surface area (Å²) in [5, 5.41) is 20.5. The van der Waals surface area contributed by atoms with Crippen LogP contribution in [0.3, 0.4) is 0 Å². The minimum Gasteiger partial charge on any atom is -0.508 e. The average molecular weight is 297 g/mol. The van der Waals surface area contributed by atoms with Crippen LogP contribution in [-0.2, 0) is 5.41 Å². The van der Waals surface area contributed by atoms with Gasteiger partial charge in [0.05, 0.1) is 4.92 Å². The van der Waals surface area contributed by atoms with Crippen LogP contribution >= 0.6 is 0 Å². The zero-order valence-electron chi connectivity index (χ0n) is 12.9. The molecule has 114 valence electrons. The fraction of sp³-hybridized carbons (Fsp3) is 0.222. The summed E-state index contributed by atoms with van der Waals surface area (Å²) in [7, 11) is 0. The molecule has 0 aliphatic carbocycles. The molecule has 2 rings (SSSR count). The number of nitro benzene ring substituents is 1. The third-order valence-corrected chi connectivity index (χ3v) is 3.38. The van der Waals surface area contributed by atoms with Crippen LogP contribution in [-0.4, -0.2) is 10.0 Å².